The Bertz CT molecular complexity index is 309. The first-order valence-corrected chi connectivity index (χ1v) is 6.25. The predicted molar refractivity (Wildman–Crippen MR) is 67.2 cm³/mol. The van der Waals surface area contributed by atoms with Crippen LogP contribution in [0.15, 0.2) is 22.8 Å². The topological polar surface area (TPSA) is 68.3 Å². The SMILES string of the molecule is CCC(CCN)CCC(=O)NCc1ccco1. The molecule has 0 aliphatic heterocycles. The Labute approximate surface area is 103 Å². The number of hydrogen-bond acceptors (Lipinski definition) is 3. The fourth-order valence-corrected chi connectivity index (χ4v) is 1.81. The van der Waals surface area contributed by atoms with Crippen molar-refractivity contribution in [3.63, 3.8) is 0 Å². The van der Waals surface area contributed by atoms with Crippen LogP contribution in [0.2, 0.25) is 0 Å². The molecular formula is C13H22N2O2. The maximum Gasteiger partial charge on any atom is 0.220 e. The van der Waals surface area contributed by atoms with E-state index in [0.717, 1.165) is 25.0 Å². The number of amides is 1. The van der Waals surface area contributed by atoms with Crippen LogP contribution in [0.3, 0.4) is 0 Å². The van der Waals surface area contributed by atoms with Gasteiger partial charge in [-0.3, -0.25) is 4.79 Å². The second kappa shape index (κ2) is 7.90. The number of carbonyl (C=O) groups is 1. The highest BCUT2D eigenvalue weighted by Crippen LogP contribution is 2.14. The lowest BCUT2D eigenvalue weighted by atomic mass is 9.96. The molecule has 1 unspecified atom stereocenters. The van der Waals surface area contributed by atoms with E-state index in [1.807, 2.05) is 12.1 Å². The molecule has 0 aliphatic carbocycles. The van der Waals surface area contributed by atoms with Gasteiger partial charge in [-0.2, -0.15) is 0 Å². The minimum Gasteiger partial charge on any atom is -0.467 e. The summed E-state index contributed by atoms with van der Waals surface area (Å²) in [6, 6.07) is 3.67. The van der Waals surface area contributed by atoms with E-state index >= 15 is 0 Å². The zero-order valence-corrected chi connectivity index (χ0v) is 10.4. The highest BCUT2D eigenvalue weighted by Gasteiger charge is 2.09. The van der Waals surface area contributed by atoms with Crippen molar-refractivity contribution in [1.29, 1.82) is 0 Å². The molecule has 4 nitrogen and oxygen atoms in total. The van der Waals surface area contributed by atoms with E-state index in [0.29, 0.717) is 25.4 Å². The summed E-state index contributed by atoms with van der Waals surface area (Å²) in [5, 5.41) is 2.84. The Morgan fingerprint density at radius 1 is 1.53 bits per heavy atom. The van der Waals surface area contributed by atoms with Gasteiger partial charge in [0.2, 0.25) is 5.91 Å². The minimum atomic E-state index is 0.0804. The van der Waals surface area contributed by atoms with Crippen molar-refractivity contribution in [3.05, 3.63) is 24.2 Å². The van der Waals surface area contributed by atoms with Crippen molar-refractivity contribution in [2.75, 3.05) is 6.54 Å². The molecule has 96 valence electrons. The molecule has 1 rings (SSSR count). The summed E-state index contributed by atoms with van der Waals surface area (Å²) in [4.78, 5) is 11.6. The molecule has 0 saturated carbocycles. The monoisotopic (exact) mass is 238 g/mol. The molecule has 0 saturated heterocycles. The molecular weight excluding hydrogens is 216 g/mol. The lowest BCUT2D eigenvalue weighted by molar-refractivity contribution is -0.121. The Balaban J connectivity index is 2.16. The molecule has 0 spiro atoms. The summed E-state index contributed by atoms with van der Waals surface area (Å²) in [7, 11) is 0. The van der Waals surface area contributed by atoms with Crippen LogP contribution in [0.5, 0.6) is 0 Å². The Hall–Kier alpha value is -1.29. The molecule has 0 fully saturated rings. The van der Waals surface area contributed by atoms with Crippen molar-refractivity contribution in [3.8, 4) is 0 Å². The fourth-order valence-electron chi connectivity index (χ4n) is 1.81. The second-order valence-corrected chi connectivity index (χ2v) is 4.25. The van der Waals surface area contributed by atoms with Crippen LogP contribution in [-0.4, -0.2) is 12.5 Å². The zero-order valence-electron chi connectivity index (χ0n) is 10.4. The van der Waals surface area contributed by atoms with Crippen LogP contribution in [0.25, 0.3) is 0 Å². The van der Waals surface area contributed by atoms with Gasteiger partial charge in [0.1, 0.15) is 5.76 Å². The van der Waals surface area contributed by atoms with Gasteiger partial charge in [0.05, 0.1) is 12.8 Å². The molecule has 4 heteroatoms. The zero-order chi connectivity index (χ0) is 12.5. The number of nitrogens with one attached hydrogen (secondary N) is 1. The summed E-state index contributed by atoms with van der Waals surface area (Å²) < 4.78 is 5.14. The Morgan fingerprint density at radius 3 is 2.94 bits per heavy atom. The normalized spacial score (nSPS) is 12.4. The van der Waals surface area contributed by atoms with Gasteiger partial charge in [-0.05, 0) is 37.4 Å². The van der Waals surface area contributed by atoms with Crippen molar-refractivity contribution >= 4 is 5.91 Å². The fraction of sp³-hybridized carbons (Fsp3) is 0.615. The first kappa shape index (κ1) is 13.8. The molecule has 1 amide bonds. The molecule has 0 aromatic carbocycles. The van der Waals surface area contributed by atoms with E-state index in [9.17, 15) is 4.79 Å². The number of hydrogen-bond donors (Lipinski definition) is 2. The third-order valence-corrected chi connectivity index (χ3v) is 2.97. The van der Waals surface area contributed by atoms with Crippen LogP contribution < -0.4 is 11.1 Å². The van der Waals surface area contributed by atoms with Crippen molar-refractivity contribution < 1.29 is 9.21 Å². The summed E-state index contributed by atoms with van der Waals surface area (Å²) in [6.07, 6.45) is 5.18. The highest BCUT2D eigenvalue weighted by molar-refractivity contribution is 5.75. The van der Waals surface area contributed by atoms with Gasteiger partial charge in [0, 0.05) is 6.42 Å². The van der Waals surface area contributed by atoms with Gasteiger partial charge in [-0.1, -0.05) is 13.3 Å². The van der Waals surface area contributed by atoms with E-state index < -0.39 is 0 Å². The number of furan rings is 1. The summed E-state index contributed by atoms with van der Waals surface area (Å²) in [5.41, 5.74) is 5.52. The molecule has 0 radical (unpaired) electrons. The van der Waals surface area contributed by atoms with Crippen molar-refractivity contribution in [1.82, 2.24) is 5.32 Å². The molecule has 0 bridgehead atoms. The molecule has 1 aromatic rings. The number of nitrogens with two attached hydrogens (primary N) is 1. The van der Waals surface area contributed by atoms with E-state index in [1.54, 1.807) is 6.26 Å². The van der Waals surface area contributed by atoms with Gasteiger partial charge >= 0.3 is 0 Å². The molecule has 3 N–H and O–H groups in total. The van der Waals surface area contributed by atoms with Crippen molar-refractivity contribution in [2.45, 2.75) is 39.2 Å². The molecule has 1 heterocycles. The first-order valence-electron chi connectivity index (χ1n) is 6.25. The molecule has 1 atom stereocenters. The van der Waals surface area contributed by atoms with Gasteiger partial charge in [0.25, 0.3) is 0 Å². The van der Waals surface area contributed by atoms with Crippen LogP contribution in [0.4, 0.5) is 0 Å². The minimum absolute atomic E-state index is 0.0804. The number of carbonyl (C=O) groups excluding carboxylic acids is 1. The molecule has 17 heavy (non-hydrogen) atoms. The maximum atomic E-state index is 11.6. The van der Waals surface area contributed by atoms with Gasteiger partial charge in [-0.25, -0.2) is 0 Å². The van der Waals surface area contributed by atoms with E-state index in [2.05, 4.69) is 12.2 Å². The lowest BCUT2D eigenvalue weighted by Gasteiger charge is -2.12. The van der Waals surface area contributed by atoms with Gasteiger partial charge in [-0.15, -0.1) is 0 Å². The number of rotatable bonds is 8. The van der Waals surface area contributed by atoms with Crippen LogP contribution in [-0.2, 0) is 11.3 Å². The predicted octanol–water partition coefficient (Wildman–Crippen LogP) is 2.05. The van der Waals surface area contributed by atoms with E-state index in [1.165, 1.54) is 0 Å². The van der Waals surface area contributed by atoms with Crippen LogP contribution >= 0.6 is 0 Å². The molecule has 1 aromatic heterocycles. The second-order valence-electron chi connectivity index (χ2n) is 4.25. The third kappa shape index (κ3) is 5.54. The Morgan fingerprint density at radius 2 is 2.35 bits per heavy atom. The lowest BCUT2D eigenvalue weighted by Crippen LogP contribution is -2.23. The smallest absolute Gasteiger partial charge is 0.220 e. The summed E-state index contributed by atoms with van der Waals surface area (Å²) in [6.45, 7) is 3.31. The Kier molecular flexibility index (Phi) is 6.40. The average molecular weight is 238 g/mol. The van der Waals surface area contributed by atoms with Crippen LogP contribution in [0.1, 0.15) is 38.4 Å². The van der Waals surface area contributed by atoms with E-state index in [4.69, 9.17) is 10.2 Å². The maximum absolute atomic E-state index is 11.6. The van der Waals surface area contributed by atoms with Crippen molar-refractivity contribution in [2.24, 2.45) is 11.7 Å². The molecule has 0 aliphatic rings. The highest BCUT2D eigenvalue weighted by atomic mass is 16.3. The van der Waals surface area contributed by atoms with Gasteiger partial charge < -0.3 is 15.5 Å². The first-order chi connectivity index (χ1) is 8.26. The average Bonchev–Trinajstić information content (AvgIpc) is 2.85. The standard InChI is InChI=1S/C13H22N2O2/c1-2-11(7-8-14)5-6-13(16)15-10-12-4-3-9-17-12/h3-4,9,11H,2,5-8,10,14H2,1H3,(H,15,16). The quantitative estimate of drug-likeness (QED) is 0.728. The summed E-state index contributed by atoms with van der Waals surface area (Å²) >= 11 is 0. The largest absolute Gasteiger partial charge is 0.467 e. The van der Waals surface area contributed by atoms with Crippen LogP contribution in [0, 0.1) is 5.92 Å². The summed E-state index contributed by atoms with van der Waals surface area (Å²) in [5.74, 6) is 1.43. The third-order valence-electron chi connectivity index (χ3n) is 2.97. The van der Waals surface area contributed by atoms with Gasteiger partial charge in [0.15, 0.2) is 0 Å². The van der Waals surface area contributed by atoms with E-state index in [-0.39, 0.29) is 5.91 Å².